The predicted molar refractivity (Wildman–Crippen MR) is 77.8 cm³/mol. The maximum absolute atomic E-state index is 11.6. The summed E-state index contributed by atoms with van der Waals surface area (Å²) >= 11 is 11.6. The lowest BCUT2D eigenvalue weighted by Crippen LogP contribution is -2.22. The number of carboxylic acid groups (broad SMARTS) is 1. The monoisotopic (exact) mass is 340 g/mol. The summed E-state index contributed by atoms with van der Waals surface area (Å²) in [6.45, 7) is 2.95. The smallest absolute Gasteiger partial charge is 0.339 e. The fraction of sp³-hybridized carbons (Fsp3) is 0.417. The molecule has 5 nitrogen and oxygen atoms in total. The number of hydrogen-bond acceptors (Lipinski definition) is 4. The molecule has 0 heterocycles. The number of benzene rings is 1. The van der Waals surface area contributed by atoms with Crippen LogP contribution in [-0.4, -0.2) is 37.1 Å². The molecule has 1 aromatic rings. The first-order chi connectivity index (χ1) is 9.15. The van der Waals surface area contributed by atoms with E-state index < -0.39 is 21.1 Å². The van der Waals surface area contributed by atoms with Crippen molar-refractivity contribution in [2.24, 2.45) is 0 Å². The Hall–Kier alpha value is -0.980. The summed E-state index contributed by atoms with van der Waals surface area (Å²) in [6, 6.07) is 2.53. The number of carboxylic acids is 1. The average Bonchev–Trinajstić information content (AvgIpc) is 2.30. The molecular formula is C12H14Cl2O5S. The van der Waals surface area contributed by atoms with Gasteiger partial charge in [-0.05, 0) is 26.0 Å². The average molecular weight is 341 g/mol. The highest BCUT2D eigenvalue weighted by Gasteiger charge is 2.19. The zero-order valence-corrected chi connectivity index (χ0v) is 13.2. The van der Waals surface area contributed by atoms with Gasteiger partial charge in [0, 0.05) is 5.02 Å². The Morgan fingerprint density at radius 3 is 2.45 bits per heavy atom. The molecule has 112 valence electrons. The van der Waals surface area contributed by atoms with Crippen LogP contribution in [0.4, 0.5) is 0 Å². The van der Waals surface area contributed by atoms with E-state index in [2.05, 4.69) is 0 Å². The summed E-state index contributed by atoms with van der Waals surface area (Å²) in [5, 5.41) is 8.71. The molecule has 0 radical (unpaired) electrons. The minimum Gasteiger partial charge on any atom is -0.490 e. The molecule has 0 aliphatic heterocycles. The van der Waals surface area contributed by atoms with Crippen LogP contribution in [0, 0.1) is 0 Å². The molecule has 0 saturated heterocycles. The second-order valence-corrected chi connectivity index (χ2v) is 7.85. The van der Waals surface area contributed by atoms with Crippen LogP contribution in [0.2, 0.25) is 10.0 Å². The summed E-state index contributed by atoms with van der Waals surface area (Å²) in [6.07, 6.45) is 0. The highest BCUT2D eigenvalue weighted by atomic mass is 35.5. The number of aromatic carboxylic acids is 1. The summed E-state index contributed by atoms with van der Waals surface area (Å²) in [5.74, 6) is -1.55. The molecule has 1 N–H and O–H groups in total. The van der Waals surface area contributed by atoms with E-state index in [0.29, 0.717) is 0 Å². The number of carbonyl (C=O) groups is 1. The van der Waals surface area contributed by atoms with Crippen molar-refractivity contribution < 1.29 is 23.1 Å². The first-order valence-electron chi connectivity index (χ1n) is 5.72. The molecule has 0 amide bonds. The van der Waals surface area contributed by atoms with Gasteiger partial charge in [-0.15, -0.1) is 0 Å². The molecule has 0 bridgehead atoms. The van der Waals surface area contributed by atoms with E-state index in [0.717, 1.165) is 0 Å². The quantitative estimate of drug-likeness (QED) is 0.860. The van der Waals surface area contributed by atoms with Crippen molar-refractivity contribution in [1.29, 1.82) is 0 Å². The Kier molecular flexibility index (Phi) is 5.68. The van der Waals surface area contributed by atoms with E-state index in [4.69, 9.17) is 33.0 Å². The fourth-order valence-electron chi connectivity index (χ4n) is 1.36. The summed E-state index contributed by atoms with van der Waals surface area (Å²) in [4.78, 5) is 11.1. The SMILES string of the molecule is CC(C)S(=O)(=O)CCOc1c(Cl)cc(Cl)cc1C(=O)O. The normalized spacial score (nSPS) is 11.7. The molecule has 20 heavy (non-hydrogen) atoms. The Balaban J connectivity index is 2.91. The summed E-state index contributed by atoms with van der Waals surface area (Å²) < 4.78 is 28.5. The van der Waals surface area contributed by atoms with Crippen molar-refractivity contribution in [3.05, 3.63) is 27.7 Å². The van der Waals surface area contributed by atoms with Gasteiger partial charge in [-0.3, -0.25) is 0 Å². The van der Waals surface area contributed by atoms with E-state index in [1.54, 1.807) is 13.8 Å². The summed E-state index contributed by atoms with van der Waals surface area (Å²) in [5.41, 5.74) is -0.204. The molecule has 0 unspecified atom stereocenters. The standard InChI is InChI=1S/C12H14Cl2O5S/c1-7(2)20(17,18)4-3-19-11-9(12(15)16)5-8(13)6-10(11)14/h5-7H,3-4H2,1-2H3,(H,15,16). The number of rotatable bonds is 6. The molecule has 0 atom stereocenters. The van der Waals surface area contributed by atoms with Crippen molar-refractivity contribution in [1.82, 2.24) is 0 Å². The Labute approximate surface area is 127 Å². The van der Waals surface area contributed by atoms with Gasteiger partial charge < -0.3 is 9.84 Å². The molecule has 0 spiro atoms. The Morgan fingerprint density at radius 2 is 1.95 bits per heavy atom. The van der Waals surface area contributed by atoms with Gasteiger partial charge in [0.15, 0.2) is 15.6 Å². The van der Waals surface area contributed by atoms with Crippen LogP contribution < -0.4 is 4.74 Å². The van der Waals surface area contributed by atoms with Gasteiger partial charge in [0.25, 0.3) is 0 Å². The number of halogens is 2. The molecule has 0 saturated carbocycles. The van der Waals surface area contributed by atoms with Crippen molar-refractivity contribution in [3.8, 4) is 5.75 Å². The van der Waals surface area contributed by atoms with Gasteiger partial charge >= 0.3 is 5.97 Å². The zero-order chi connectivity index (χ0) is 15.5. The van der Waals surface area contributed by atoms with Crippen LogP contribution in [0.25, 0.3) is 0 Å². The van der Waals surface area contributed by atoms with Gasteiger partial charge in [-0.25, -0.2) is 13.2 Å². The first kappa shape index (κ1) is 17.1. The van der Waals surface area contributed by atoms with Gasteiger partial charge in [0.2, 0.25) is 0 Å². The zero-order valence-electron chi connectivity index (χ0n) is 10.9. The Bertz CT molecular complexity index is 611. The van der Waals surface area contributed by atoms with E-state index >= 15 is 0 Å². The van der Waals surface area contributed by atoms with Crippen molar-refractivity contribution in [3.63, 3.8) is 0 Å². The van der Waals surface area contributed by atoms with Crippen LogP contribution in [-0.2, 0) is 9.84 Å². The number of hydrogen-bond donors (Lipinski definition) is 1. The maximum Gasteiger partial charge on any atom is 0.339 e. The molecule has 1 aromatic carbocycles. The number of sulfone groups is 1. The van der Waals surface area contributed by atoms with Crippen LogP contribution in [0.5, 0.6) is 5.75 Å². The van der Waals surface area contributed by atoms with E-state index in [-0.39, 0.29) is 33.7 Å². The summed E-state index contributed by atoms with van der Waals surface area (Å²) in [7, 11) is -3.26. The van der Waals surface area contributed by atoms with E-state index in [9.17, 15) is 13.2 Å². The van der Waals surface area contributed by atoms with Gasteiger partial charge in [-0.1, -0.05) is 23.2 Å². The molecule has 0 aliphatic carbocycles. The maximum atomic E-state index is 11.6. The molecule has 1 rings (SSSR count). The molecule has 8 heteroatoms. The van der Waals surface area contributed by atoms with Crippen LogP contribution in [0.15, 0.2) is 12.1 Å². The van der Waals surface area contributed by atoms with Gasteiger partial charge in [-0.2, -0.15) is 0 Å². The van der Waals surface area contributed by atoms with Crippen LogP contribution in [0.3, 0.4) is 0 Å². The molecule has 0 fully saturated rings. The second kappa shape index (κ2) is 6.65. The fourth-order valence-corrected chi connectivity index (χ4v) is 2.70. The topological polar surface area (TPSA) is 80.7 Å². The lowest BCUT2D eigenvalue weighted by Gasteiger charge is -2.12. The van der Waals surface area contributed by atoms with Gasteiger partial charge in [0.05, 0.1) is 16.0 Å². The predicted octanol–water partition coefficient (Wildman–Crippen LogP) is 2.89. The third-order valence-electron chi connectivity index (χ3n) is 2.57. The highest BCUT2D eigenvalue weighted by Crippen LogP contribution is 2.32. The van der Waals surface area contributed by atoms with E-state index in [1.165, 1.54) is 12.1 Å². The van der Waals surface area contributed by atoms with Crippen molar-refractivity contribution >= 4 is 39.0 Å². The van der Waals surface area contributed by atoms with Gasteiger partial charge in [0.1, 0.15) is 12.2 Å². The third-order valence-corrected chi connectivity index (χ3v) is 5.24. The second-order valence-electron chi connectivity index (χ2n) is 4.33. The number of ether oxygens (including phenoxy) is 1. The molecular weight excluding hydrogens is 327 g/mol. The lowest BCUT2D eigenvalue weighted by atomic mass is 10.2. The highest BCUT2D eigenvalue weighted by molar-refractivity contribution is 7.91. The van der Waals surface area contributed by atoms with Crippen LogP contribution in [0.1, 0.15) is 24.2 Å². The molecule has 0 aromatic heterocycles. The van der Waals surface area contributed by atoms with Crippen molar-refractivity contribution in [2.45, 2.75) is 19.1 Å². The Morgan fingerprint density at radius 1 is 1.35 bits per heavy atom. The largest absolute Gasteiger partial charge is 0.490 e. The van der Waals surface area contributed by atoms with Crippen molar-refractivity contribution in [2.75, 3.05) is 12.4 Å². The van der Waals surface area contributed by atoms with Crippen LogP contribution >= 0.6 is 23.2 Å². The minimum absolute atomic E-state index is 0.0249. The van der Waals surface area contributed by atoms with E-state index in [1.807, 2.05) is 0 Å². The minimum atomic E-state index is -3.26. The lowest BCUT2D eigenvalue weighted by molar-refractivity contribution is 0.0692. The first-order valence-corrected chi connectivity index (χ1v) is 8.19. The third kappa shape index (κ3) is 4.26. The molecule has 0 aliphatic rings.